The zero-order chi connectivity index (χ0) is 11.8. The Morgan fingerprint density at radius 2 is 1.29 bits per heavy atom. The van der Waals surface area contributed by atoms with Crippen LogP contribution in [0.4, 0.5) is 0 Å². The SMILES string of the molecule is O=C(O)C1C2CCCCC2CC2CCCCC21. The first kappa shape index (κ1) is 11.6. The van der Waals surface area contributed by atoms with Crippen LogP contribution in [0.25, 0.3) is 0 Å². The summed E-state index contributed by atoms with van der Waals surface area (Å²) < 4.78 is 0. The predicted molar refractivity (Wildman–Crippen MR) is 66.6 cm³/mol. The summed E-state index contributed by atoms with van der Waals surface area (Å²) in [6.45, 7) is 0. The summed E-state index contributed by atoms with van der Waals surface area (Å²) in [5.41, 5.74) is 0. The average molecular weight is 236 g/mol. The zero-order valence-corrected chi connectivity index (χ0v) is 10.6. The summed E-state index contributed by atoms with van der Waals surface area (Å²) >= 11 is 0. The molecule has 3 aliphatic carbocycles. The molecule has 0 radical (unpaired) electrons. The van der Waals surface area contributed by atoms with E-state index in [0.717, 1.165) is 11.8 Å². The van der Waals surface area contributed by atoms with Crippen molar-refractivity contribution in [2.45, 2.75) is 57.8 Å². The highest BCUT2D eigenvalue weighted by atomic mass is 16.4. The first-order chi connectivity index (χ1) is 8.27. The standard InChI is InChI=1S/C15H24O2/c16-15(17)14-12-7-3-1-5-10(12)9-11-6-2-4-8-13(11)14/h10-14H,1-9H2,(H,16,17). The maximum Gasteiger partial charge on any atom is 0.307 e. The van der Waals surface area contributed by atoms with Gasteiger partial charge < -0.3 is 5.11 Å². The van der Waals surface area contributed by atoms with Crippen molar-refractivity contribution >= 4 is 5.97 Å². The Hall–Kier alpha value is -0.530. The van der Waals surface area contributed by atoms with Gasteiger partial charge in [0.1, 0.15) is 0 Å². The molecular weight excluding hydrogens is 212 g/mol. The van der Waals surface area contributed by atoms with E-state index in [4.69, 9.17) is 0 Å². The number of carboxylic acids is 1. The van der Waals surface area contributed by atoms with Gasteiger partial charge >= 0.3 is 5.97 Å². The monoisotopic (exact) mass is 236 g/mol. The molecule has 0 aromatic carbocycles. The molecule has 4 unspecified atom stereocenters. The minimum absolute atomic E-state index is 0.000602. The number of fused-ring (bicyclic) bond motifs is 2. The van der Waals surface area contributed by atoms with Gasteiger partial charge in [-0.15, -0.1) is 0 Å². The van der Waals surface area contributed by atoms with Crippen LogP contribution < -0.4 is 0 Å². The molecule has 4 atom stereocenters. The lowest BCUT2D eigenvalue weighted by Crippen LogP contribution is -2.46. The lowest BCUT2D eigenvalue weighted by molar-refractivity contribution is -0.153. The van der Waals surface area contributed by atoms with Gasteiger partial charge in [-0.25, -0.2) is 0 Å². The predicted octanol–water partition coefficient (Wildman–Crippen LogP) is 3.70. The van der Waals surface area contributed by atoms with Gasteiger partial charge in [0, 0.05) is 0 Å². The number of aliphatic carboxylic acids is 1. The van der Waals surface area contributed by atoms with E-state index in [2.05, 4.69) is 0 Å². The molecule has 3 saturated carbocycles. The largest absolute Gasteiger partial charge is 0.481 e. The third-order valence-electron chi connectivity index (χ3n) is 5.75. The van der Waals surface area contributed by atoms with Crippen LogP contribution >= 0.6 is 0 Å². The second-order valence-corrected chi connectivity index (χ2v) is 6.52. The average Bonchev–Trinajstić information content (AvgIpc) is 2.35. The molecule has 0 aromatic rings. The molecule has 17 heavy (non-hydrogen) atoms. The minimum Gasteiger partial charge on any atom is -0.481 e. The van der Waals surface area contributed by atoms with Gasteiger partial charge in [-0.2, -0.15) is 0 Å². The number of carboxylic acid groups (broad SMARTS) is 1. The molecule has 3 rings (SSSR count). The Morgan fingerprint density at radius 1 is 0.824 bits per heavy atom. The third-order valence-corrected chi connectivity index (χ3v) is 5.75. The van der Waals surface area contributed by atoms with E-state index in [1.807, 2.05) is 0 Å². The fourth-order valence-corrected chi connectivity index (χ4v) is 5.08. The van der Waals surface area contributed by atoms with Crippen molar-refractivity contribution in [3.63, 3.8) is 0 Å². The van der Waals surface area contributed by atoms with Crippen LogP contribution in [0.5, 0.6) is 0 Å². The molecular formula is C15H24O2. The van der Waals surface area contributed by atoms with Crippen molar-refractivity contribution in [2.24, 2.45) is 29.6 Å². The van der Waals surface area contributed by atoms with Crippen molar-refractivity contribution in [3.8, 4) is 0 Å². The molecule has 3 fully saturated rings. The van der Waals surface area contributed by atoms with Gasteiger partial charge in [0.15, 0.2) is 0 Å². The van der Waals surface area contributed by atoms with Crippen LogP contribution in [0.1, 0.15) is 57.8 Å². The minimum atomic E-state index is -0.487. The fraction of sp³-hybridized carbons (Fsp3) is 0.933. The summed E-state index contributed by atoms with van der Waals surface area (Å²) in [6.07, 6.45) is 11.5. The van der Waals surface area contributed by atoms with Crippen molar-refractivity contribution < 1.29 is 9.90 Å². The van der Waals surface area contributed by atoms with Crippen LogP contribution in [0, 0.1) is 29.6 Å². The van der Waals surface area contributed by atoms with Crippen molar-refractivity contribution in [1.82, 2.24) is 0 Å². The summed E-state index contributed by atoms with van der Waals surface area (Å²) in [5, 5.41) is 9.62. The first-order valence-corrected chi connectivity index (χ1v) is 7.50. The summed E-state index contributed by atoms with van der Waals surface area (Å²) in [5.74, 6) is 2.02. The van der Waals surface area contributed by atoms with Crippen LogP contribution in [-0.2, 0) is 4.79 Å². The molecule has 2 nitrogen and oxygen atoms in total. The van der Waals surface area contributed by atoms with Gasteiger partial charge in [-0.05, 0) is 42.9 Å². The highest BCUT2D eigenvalue weighted by molar-refractivity contribution is 5.71. The van der Waals surface area contributed by atoms with Gasteiger partial charge in [0.25, 0.3) is 0 Å². The molecule has 96 valence electrons. The van der Waals surface area contributed by atoms with Crippen LogP contribution in [0.3, 0.4) is 0 Å². The third kappa shape index (κ3) is 2.00. The zero-order valence-electron chi connectivity index (χ0n) is 10.6. The normalized spacial score (nSPS) is 45.8. The molecule has 0 aromatic heterocycles. The Bertz CT molecular complexity index is 277. The second-order valence-electron chi connectivity index (χ2n) is 6.52. The Morgan fingerprint density at radius 3 is 1.76 bits per heavy atom. The number of rotatable bonds is 1. The molecule has 0 heterocycles. The lowest BCUT2D eigenvalue weighted by atomic mass is 9.55. The highest BCUT2D eigenvalue weighted by Gasteiger charge is 2.48. The van der Waals surface area contributed by atoms with E-state index in [-0.39, 0.29) is 5.92 Å². The summed E-state index contributed by atoms with van der Waals surface area (Å²) in [7, 11) is 0. The lowest BCUT2D eigenvalue weighted by Gasteiger charge is -2.49. The Balaban J connectivity index is 1.85. The van der Waals surface area contributed by atoms with E-state index in [9.17, 15) is 9.90 Å². The number of hydrogen-bond acceptors (Lipinski definition) is 1. The van der Waals surface area contributed by atoms with Gasteiger partial charge in [0.05, 0.1) is 5.92 Å². The molecule has 0 bridgehead atoms. The smallest absolute Gasteiger partial charge is 0.307 e. The maximum absolute atomic E-state index is 11.7. The summed E-state index contributed by atoms with van der Waals surface area (Å²) in [4.78, 5) is 11.7. The van der Waals surface area contributed by atoms with E-state index >= 15 is 0 Å². The molecule has 1 N–H and O–H groups in total. The van der Waals surface area contributed by atoms with Crippen molar-refractivity contribution in [1.29, 1.82) is 0 Å². The number of hydrogen-bond donors (Lipinski definition) is 1. The molecule has 0 spiro atoms. The van der Waals surface area contributed by atoms with Crippen molar-refractivity contribution in [3.05, 3.63) is 0 Å². The number of carbonyl (C=O) groups is 1. The topological polar surface area (TPSA) is 37.3 Å². The maximum atomic E-state index is 11.7. The second kappa shape index (κ2) is 4.62. The van der Waals surface area contributed by atoms with E-state index in [1.165, 1.54) is 57.8 Å². The molecule has 0 amide bonds. The van der Waals surface area contributed by atoms with E-state index < -0.39 is 5.97 Å². The van der Waals surface area contributed by atoms with Crippen LogP contribution in [-0.4, -0.2) is 11.1 Å². The molecule has 0 saturated heterocycles. The molecule has 2 heteroatoms. The fourth-order valence-electron chi connectivity index (χ4n) is 5.08. The Labute approximate surface area is 104 Å². The van der Waals surface area contributed by atoms with Crippen LogP contribution in [0.2, 0.25) is 0 Å². The quantitative estimate of drug-likeness (QED) is 0.753. The van der Waals surface area contributed by atoms with Gasteiger partial charge in [-0.3, -0.25) is 4.79 Å². The highest BCUT2D eigenvalue weighted by Crippen LogP contribution is 2.53. The Kier molecular flexibility index (Phi) is 3.14. The summed E-state index contributed by atoms with van der Waals surface area (Å²) in [6, 6.07) is 0. The van der Waals surface area contributed by atoms with Crippen molar-refractivity contribution in [2.75, 3.05) is 0 Å². The van der Waals surface area contributed by atoms with Gasteiger partial charge in [0.2, 0.25) is 0 Å². The van der Waals surface area contributed by atoms with Gasteiger partial charge in [-0.1, -0.05) is 38.5 Å². The first-order valence-electron chi connectivity index (χ1n) is 7.50. The van der Waals surface area contributed by atoms with E-state index in [1.54, 1.807) is 0 Å². The van der Waals surface area contributed by atoms with E-state index in [0.29, 0.717) is 11.8 Å². The molecule has 3 aliphatic rings. The molecule has 0 aliphatic heterocycles. The van der Waals surface area contributed by atoms with Crippen LogP contribution in [0.15, 0.2) is 0 Å².